The molecule has 5 heteroatoms. The Morgan fingerprint density at radius 2 is 1.95 bits per heavy atom. The van der Waals surface area contributed by atoms with E-state index < -0.39 is 5.91 Å². The molecule has 1 aromatic heterocycles. The normalized spacial score (nSPS) is 10.5. The molecule has 1 aromatic carbocycles. The Morgan fingerprint density at radius 3 is 2.53 bits per heavy atom. The zero-order chi connectivity index (χ0) is 14.0. The van der Waals surface area contributed by atoms with Crippen molar-refractivity contribution in [2.24, 2.45) is 5.73 Å². The molecule has 0 saturated carbocycles. The summed E-state index contributed by atoms with van der Waals surface area (Å²) in [7, 11) is 3.14. The number of carbonyl (C=O) groups excluding carboxylic acids is 1. The van der Waals surface area contributed by atoms with Gasteiger partial charge in [0.2, 0.25) is 5.91 Å². The lowest BCUT2D eigenvalue weighted by Gasteiger charge is -2.14. The summed E-state index contributed by atoms with van der Waals surface area (Å²) in [5.74, 6) is 0.848. The zero-order valence-electron chi connectivity index (χ0n) is 11.2. The highest BCUT2D eigenvalue weighted by Crippen LogP contribution is 2.34. The molecule has 5 nitrogen and oxygen atoms in total. The van der Waals surface area contributed by atoms with Gasteiger partial charge in [-0.3, -0.25) is 9.78 Å². The number of hydrogen-bond donors (Lipinski definition) is 1. The second-order valence-corrected chi connectivity index (χ2v) is 4.25. The van der Waals surface area contributed by atoms with Crippen molar-refractivity contribution in [1.29, 1.82) is 0 Å². The van der Waals surface area contributed by atoms with E-state index in [1.54, 1.807) is 20.3 Å². The number of fused-ring (bicyclic) bond motifs is 1. The Hall–Kier alpha value is -2.30. The molecule has 0 bridgehead atoms. The molecule has 19 heavy (non-hydrogen) atoms. The van der Waals surface area contributed by atoms with Crippen molar-refractivity contribution in [3.8, 4) is 11.5 Å². The van der Waals surface area contributed by atoms with Crippen LogP contribution in [0.3, 0.4) is 0 Å². The molecular weight excluding hydrogens is 244 g/mol. The fourth-order valence-electron chi connectivity index (χ4n) is 2.17. The van der Waals surface area contributed by atoms with Crippen LogP contribution in [0.4, 0.5) is 0 Å². The summed E-state index contributed by atoms with van der Waals surface area (Å²) in [5, 5.41) is 0.770. The molecule has 0 aliphatic rings. The molecule has 1 heterocycles. The van der Waals surface area contributed by atoms with E-state index in [1.807, 2.05) is 19.1 Å². The van der Waals surface area contributed by atoms with Crippen molar-refractivity contribution in [3.05, 3.63) is 29.5 Å². The van der Waals surface area contributed by atoms with Gasteiger partial charge >= 0.3 is 0 Å². The number of primary amides is 1. The molecule has 0 fully saturated rings. The number of carbonyl (C=O) groups is 1. The van der Waals surface area contributed by atoms with Crippen molar-refractivity contribution in [3.63, 3.8) is 0 Å². The van der Waals surface area contributed by atoms with Gasteiger partial charge in [0.05, 0.1) is 26.2 Å². The molecule has 0 atom stereocenters. The Labute approximate surface area is 111 Å². The first kappa shape index (κ1) is 13.1. The van der Waals surface area contributed by atoms with Crippen LogP contribution in [0.2, 0.25) is 0 Å². The van der Waals surface area contributed by atoms with E-state index in [4.69, 9.17) is 15.2 Å². The molecule has 1 amide bonds. The third-order valence-electron chi connectivity index (χ3n) is 2.92. The van der Waals surface area contributed by atoms with Crippen LogP contribution in [0.5, 0.6) is 11.5 Å². The van der Waals surface area contributed by atoms with Gasteiger partial charge in [-0.05, 0) is 19.1 Å². The van der Waals surface area contributed by atoms with Crippen LogP contribution in [0.15, 0.2) is 18.2 Å². The molecule has 2 rings (SSSR count). The lowest BCUT2D eigenvalue weighted by molar-refractivity contribution is -0.117. The fraction of sp³-hybridized carbons (Fsp3) is 0.286. The van der Waals surface area contributed by atoms with Gasteiger partial charge in [-0.15, -0.1) is 0 Å². The van der Waals surface area contributed by atoms with Gasteiger partial charge in [0, 0.05) is 22.7 Å². The van der Waals surface area contributed by atoms with E-state index >= 15 is 0 Å². The largest absolute Gasteiger partial charge is 0.496 e. The molecule has 0 unspecified atom stereocenters. The number of hydrogen-bond acceptors (Lipinski definition) is 4. The van der Waals surface area contributed by atoms with Gasteiger partial charge in [0.1, 0.15) is 11.5 Å². The number of pyridine rings is 1. The SMILES string of the molecule is COc1ccc2nc(C)cc(OC)c2c1CC(N)=O. The quantitative estimate of drug-likeness (QED) is 0.905. The highest BCUT2D eigenvalue weighted by molar-refractivity contribution is 5.94. The van der Waals surface area contributed by atoms with Gasteiger partial charge in [-0.1, -0.05) is 0 Å². The second-order valence-electron chi connectivity index (χ2n) is 4.25. The summed E-state index contributed by atoms with van der Waals surface area (Å²) in [4.78, 5) is 15.7. The molecule has 100 valence electrons. The number of aryl methyl sites for hydroxylation is 1. The van der Waals surface area contributed by atoms with Crippen molar-refractivity contribution in [1.82, 2.24) is 4.98 Å². The topological polar surface area (TPSA) is 74.4 Å². The van der Waals surface area contributed by atoms with Crippen LogP contribution in [-0.4, -0.2) is 25.1 Å². The first-order valence-electron chi connectivity index (χ1n) is 5.86. The van der Waals surface area contributed by atoms with Crippen LogP contribution in [-0.2, 0) is 11.2 Å². The summed E-state index contributed by atoms with van der Waals surface area (Å²) in [5.41, 5.74) is 7.62. The summed E-state index contributed by atoms with van der Waals surface area (Å²) in [6.07, 6.45) is 0.0849. The monoisotopic (exact) mass is 260 g/mol. The molecule has 2 aromatic rings. The summed E-state index contributed by atoms with van der Waals surface area (Å²) >= 11 is 0. The van der Waals surface area contributed by atoms with Crippen molar-refractivity contribution >= 4 is 16.8 Å². The Kier molecular flexibility index (Phi) is 3.55. The van der Waals surface area contributed by atoms with Crippen LogP contribution in [0.1, 0.15) is 11.3 Å². The number of benzene rings is 1. The van der Waals surface area contributed by atoms with Gasteiger partial charge in [0.15, 0.2) is 0 Å². The zero-order valence-corrected chi connectivity index (χ0v) is 11.2. The first-order valence-corrected chi connectivity index (χ1v) is 5.86. The maximum atomic E-state index is 11.3. The van der Waals surface area contributed by atoms with Crippen LogP contribution in [0, 0.1) is 6.92 Å². The molecular formula is C14H16N2O3. The van der Waals surface area contributed by atoms with E-state index in [1.165, 1.54) is 0 Å². The lowest BCUT2D eigenvalue weighted by Crippen LogP contribution is -2.15. The Morgan fingerprint density at radius 1 is 1.26 bits per heavy atom. The van der Waals surface area contributed by atoms with E-state index in [9.17, 15) is 4.79 Å². The second kappa shape index (κ2) is 5.14. The van der Waals surface area contributed by atoms with Gasteiger partial charge in [-0.25, -0.2) is 0 Å². The average molecular weight is 260 g/mol. The average Bonchev–Trinajstić information content (AvgIpc) is 2.37. The Balaban J connectivity index is 2.82. The predicted molar refractivity (Wildman–Crippen MR) is 72.5 cm³/mol. The third-order valence-corrected chi connectivity index (χ3v) is 2.92. The van der Waals surface area contributed by atoms with E-state index in [-0.39, 0.29) is 6.42 Å². The van der Waals surface area contributed by atoms with E-state index in [2.05, 4.69) is 4.98 Å². The minimum atomic E-state index is -0.423. The number of nitrogens with zero attached hydrogens (tertiary/aromatic N) is 1. The van der Waals surface area contributed by atoms with Crippen LogP contribution >= 0.6 is 0 Å². The maximum Gasteiger partial charge on any atom is 0.222 e. The molecule has 0 spiro atoms. The van der Waals surface area contributed by atoms with Crippen molar-refractivity contribution in [2.45, 2.75) is 13.3 Å². The number of methoxy groups -OCH3 is 2. The third kappa shape index (κ3) is 2.45. The van der Waals surface area contributed by atoms with E-state index in [0.717, 1.165) is 16.6 Å². The van der Waals surface area contributed by atoms with Gasteiger partial charge in [0.25, 0.3) is 0 Å². The molecule has 0 radical (unpaired) electrons. The molecule has 0 aliphatic heterocycles. The summed E-state index contributed by atoms with van der Waals surface area (Å²) in [6, 6.07) is 5.45. The number of ether oxygens (including phenoxy) is 2. The summed E-state index contributed by atoms with van der Waals surface area (Å²) in [6.45, 7) is 1.89. The van der Waals surface area contributed by atoms with Crippen LogP contribution < -0.4 is 15.2 Å². The molecule has 0 aliphatic carbocycles. The predicted octanol–water partition coefficient (Wildman–Crippen LogP) is 1.59. The fourth-order valence-corrected chi connectivity index (χ4v) is 2.17. The van der Waals surface area contributed by atoms with Crippen molar-refractivity contribution < 1.29 is 14.3 Å². The number of aromatic nitrogens is 1. The highest BCUT2D eigenvalue weighted by atomic mass is 16.5. The standard InChI is InChI=1S/C14H16N2O3/c1-8-6-12(19-3)14-9(7-13(15)17)11(18-2)5-4-10(14)16-8/h4-6H,7H2,1-3H3,(H2,15,17). The van der Waals surface area contributed by atoms with Crippen molar-refractivity contribution in [2.75, 3.05) is 14.2 Å². The number of amides is 1. The molecule has 0 saturated heterocycles. The lowest BCUT2D eigenvalue weighted by atomic mass is 10.0. The minimum absolute atomic E-state index is 0.0849. The minimum Gasteiger partial charge on any atom is -0.496 e. The first-order chi connectivity index (χ1) is 9.06. The molecule has 2 N–H and O–H groups in total. The Bertz CT molecular complexity index is 638. The smallest absolute Gasteiger partial charge is 0.222 e. The maximum absolute atomic E-state index is 11.3. The summed E-state index contributed by atoms with van der Waals surface area (Å²) < 4.78 is 10.7. The van der Waals surface area contributed by atoms with E-state index in [0.29, 0.717) is 17.1 Å². The number of nitrogens with two attached hydrogens (primary N) is 1. The number of rotatable bonds is 4. The van der Waals surface area contributed by atoms with Crippen LogP contribution in [0.25, 0.3) is 10.9 Å². The highest BCUT2D eigenvalue weighted by Gasteiger charge is 2.16. The van der Waals surface area contributed by atoms with Gasteiger partial charge < -0.3 is 15.2 Å². The van der Waals surface area contributed by atoms with Gasteiger partial charge in [-0.2, -0.15) is 0 Å².